The SMILES string of the molecule is COCC(C/N=c1\cc2n(-c3ccc(Cl)cc3)c3ccccc3nc-2cc1Nc1cccnc1OC)OC. The minimum atomic E-state index is -0.186. The summed E-state index contributed by atoms with van der Waals surface area (Å²) in [5, 5.41) is 4.86. The van der Waals surface area contributed by atoms with Crippen LogP contribution in [0, 0.1) is 0 Å². The smallest absolute Gasteiger partial charge is 0.237 e. The predicted octanol–water partition coefficient (Wildman–Crippen LogP) is 5.49. The van der Waals surface area contributed by atoms with Gasteiger partial charge in [-0.3, -0.25) is 4.99 Å². The van der Waals surface area contributed by atoms with Crippen LogP contribution < -0.4 is 15.4 Å². The van der Waals surface area contributed by atoms with Gasteiger partial charge >= 0.3 is 0 Å². The minimum absolute atomic E-state index is 0.186. The van der Waals surface area contributed by atoms with Crippen molar-refractivity contribution >= 4 is 34.0 Å². The Bertz CT molecular complexity index is 1590. The second kappa shape index (κ2) is 11.6. The van der Waals surface area contributed by atoms with Gasteiger partial charge in [0.1, 0.15) is 5.69 Å². The van der Waals surface area contributed by atoms with Gasteiger partial charge in [0.15, 0.2) is 0 Å². The number of fused-ring (bicyclic) bond motifs is 2. The van der Waals surface area contributed by atoms with Crippen molar-refractivity contribution in [2.75, 3.05) is 39.8 Å². The summed E-state index contributed by atoms with van der Waals surface area (Å²) in [5.41, 5.74) is 5.98. The molecule has 1 unspecified atom stereocenters. The lowest BCUT2D eigenvalue weighted by Crippen LogP contribution is -2.23. The molecule has 0 saturated heterocycles. The number of hydrogen-bond donors (Lipinski definition) is 1. The van der Waals surface area contributed by atoms with Crippen molar-refractivity contribution in [2.45, 2.75) is 6.10 Å². The summed E-state index contributed by atoms with van der Waals surface area (Å²) in [5.74, 6) is 0.482. The molecule has 1 N–H and O–H groups in total. The molecule has 5 rings (SSSR count). The van der Waals surface area contributed by atoms with E-state index in [-0.39, 0.29) is 6.10 Å². The molecule has 2 heterocycles. The van der Waals surface area contributed by atoms with Gasteiger partial charge in [-0.1, -0.05) is 23.7 Å². The third kappa shape index (κ3) is 5.33. The van der Waals surface area contributed by atoms with Crippen LogP contribution in [0.5, 0.6) is 5.88 Å². The van der Waals surface area contributed by atoms with Crippen molar-refractivity contribution in [1.82, 2.24) is 14.5 Å². The number of rotatable bonds is 9. The Hall–Kier alpha value is -3.98. The van der Waals surface area contributed by atoms with Gasteiger partial charge in [0.05, 0.1) is 59.8 Å². The zero-order chi connectivity index (χ0) is 26.5. The summed E-state index contributed by atoms with van der Waals surface area (Å²) in [4.78, 5) is 14.2. The highest BCUT2D eigenvalue weighted by Gasteiger charge is 2.18. The van der Waals surface area contributed by atoms with E-state index >= 15 is 0 Å². The van der Waals surface area contributed by atoms with Crippen molar-refractivity contribution in [1.29, 1.82) is 0 Å². The lowest BCUT2D eigenvalue weighted by molar-refractivity contribution is 0.0340. The van der Waals surface area contributed by atoms with Crippen LogP contribution in [-0.4, -0.2) is 55.1 Å². The number of nitrogens with one attached hydrogen (secondary N) is 1. The van der Waals surface area contributed by atoms with E-state index in [0.29, 0.717) is 24.1 Å². The molecule has 0 spiro atoms. The molecule has 2 aromatic carbocycles. The molecule has 1 aromatic heterocycles. The molecular weight excluding hydrogens is 502 g/mol. The normalized spacial score (nSPS) is 12.7. The summed E-state index contributed by atoms with van der Waals surface area (Å²) >= 11 is 6.21. The van der Waals surface area contributed by atoms with E-state index in [2.05, 4.69) is 20.9 Å². The molecule has 0 amide bonds. The van der Waals surface area contributed by atoms with E-state index in [4.69, 9.17) is 35.8 Å². The molecule has 0 bridgehead atoms. The number of hydrogen-bond acceptors (Lipinski definition) is 7. The average molecular weight is 530 g/mol. The average Bonchev–Trinajstić information content (AvgIpc) is 2.95. The molecule has 1 atom stereocenters. The van der Waals surface area contributed by atoms with Crippen LogP contribution in [-0.2, 0) is 9.47 Å². The van der Waals surface area contributed by atoms with Crippen LogP contribution in [0.1, 0.15) is 0 Å². The number of aromatic nitrogens is 3. The highest BCUT2D eigenvalue weighted by Crippen LogP contribution is 2.31. The molecule has 3 aromatic rings. The van der Waals surface area contributed by atoms with Crippen LogP contribution in [0.25, 0.3) is 28.1 Å². The minimum Gasteiger partial charge on any atom is -0.480 e. The number of ether oxygens (including phenoxy) is 3. The van der Waals surface area contributed by atoms with Gasteiger partial charge in [0, 0.05) is 31.1 Å². The number of nitrogens with zero attached hydrogens (tertiary/aromatic N) is 4. The van der Waals surface area contributed by atoms with Crippen LogP contribution in [0.3, 0.4) is 0 Å². The fraction of sp³-hybridized carbons (Fsp3) is 0.207. The molecule has 9 heteroatoms. The van der Waals surface area contributed by atoms with Crippen molar-refractivity contribution in [3.05, 3.63) is 89.4 Å². The summed E-state index contributed by atoms with van der Waals surface area (Å²) in [7, 11) is 4.90. The van der Waals surface area contributed by atoms with Crippen molar-refractivity contribution < 1.29 is 14.2 Å². The summed E-state index contributed by atoms with van der Waals surface area (Å²) < 4.78 is 18.5. The Morgan fingerprint density at radius 1 is 0.974 bits per heavy atom. The van der Waals surface area contributed by atoms with E-state index in [1.54, 1.807) is 27.5 Å². The Morgan fingerprint density at radius 2 is 1.79 bits per heavy atom. The molecule has 0 saturated carbocycles. The number of pyridine rings is 1. The summed E-state index contributed by atoms with van der Waals surface area (Å²) in [6, 6.07) is 23.6. The standard InChI is InChI=1S/C29H28ClN5O3/c1-36-18-21(37-2)17-32-24-16-28-26(15-25(24)34-23-8-6-14-31-29(23)38-3)33-22-7-4-5-9-27(22)35(28)20-12-10-19(30)11-13-20/h4-16,21,34H,17-18H2,1-3H3/b32-24+. The second-order valence-electron chi connectivity index (χ2n) is 8.61. The third-order valence-corrected chi connectivity index (χ3v) is 6.42. The first-order valence-electron chi connectivity index (χ1n) is 12.1. The number of para-hydroxylation sites is 2. The van der Waals surface area contributed by atoms with Crippen LogP contribution in [0.4, 0.5) is 11.4 Å². The monoisotopic (exact) mass is 529 g/mol. The molecule has 0 radical (unpaired) electrons. The van der Waals surface area contributed by atoms with Crippen molar-refractivity contribution in [3.63, 3.8) is 0 Å². The molecule has 1 aliphatic heterocycles. The van der Waals surface area contributed by atoms with Gasteiger partial charge in [-0.25, -0.2) is 9.97 Å². The topological polar surface area (TPSA) is 82.8 Å². The van der Waals surface area contributed by atoms with Crippen molar-refractivity contribution in [3.8, 4) is 23.0 Å². The Balaban J connectivity index is 1.76. The fourth-order valence-electron chi connectivity index (χ4n) is 4.32. The molecular formula is C29H28ClN5O3. The lowest BCUT2D eigenvalue weighted by atomic mass is 10.1. The quantitative estimate of drug-likeness (QED) is 0.254. The van der Waals surface area contributed by atoms with Crippen molar-refractivity contribution in [2.24, 2.45) is 4.99 Å². The highest BCUT2D eigenvalue weighted by atomic mass is 35.5. The van der Waals surface area contributed by atoms with Crippen LogP contribution >= 0.6 is 11.6 Å². The van der Waals surface area contributed by atoms with Gasteiger partial charge in [-0.05, 0) is 60.7 Å². The largest absolute Gasteiger partial charge is 0.480 e. The number of benzene rings is 3. The third-order valence-electron chi connectivity index (χ3n) is 6.17. The maximum atomic E-state index is 6.21. The number of halogens is 1. The zero-order valence-corrected chi connectivity index (χ0v) is 22.1. The molecule has 194 valence electrons. The molecule has 2 aliphatic rings. The predicted molar refractivity (Wildman–Crippen MR) is 150 cm³/mol. The molecule has 38 heavy (non-hydrogen) atoms. The highest BCUT2D eigenvalue weighted by molar-refractivity contribution is 6.30. The molecule has 0 fully saturated rings. The Morgan fingerprint density at radius 3 is 2.55 bits per heavy atom. The van der Waals surface area contributed by atoms with Gasteiger partial charge in [-0.2, -0.15) is 0 Å². The van der Waals surface area contributed by atoms with Gasteiger partial charge < -0.3 is 24.1 Å². The first kappa shape index (κ1) is 25.7. The Kier molecular flexibility index (Phi) is 7.83. The summed E-state index contributed by atoms with van der Waals surface area (Å²) in [6.45, 7) is 0.848. The van der Waals surface area contributed by atoms with E-state index in [0.717, 1.165) is 44.8 Å². The van der Waals surface area contributed by atoms with E-state index in [1.807, 2.05) is 66.7 Å². The van der Waals surface area contributed by atoms with E-state index in [9.17, 15) is 0 Å². The number of anilines is 2. The number of methoxy groups -OCH3 is 3. The van der Waals surface area contributed by atoms with Crippen LogP contribution in [0.15, 0.2) is 84.0 Å². The van der Waals surface area contributed by atoms with Gasteiger partial charge in [0.25, 0.3) is 0 Å². The molecule has 1 aliphatic carbocycles. The van der Waals surface area contributed by atoms with E-state index in [1.165, 1.54) is 0 Å². The second-order valence-corrected chi connectivity index (χ2v) is 9.05. The van der Waals surface area contributed by atoms with Gasteiger partial charge in [-0.15, -0.1) is 0 Å². The lowest BCUT2D eigenvalue weighted by Gasteiger charge is -2.20. The molecule has 8 nitrogen and oxygen atoms in total. The summed E-state index contributed by atoms with van der Waals surface area (Å²) in [6.07, 6.45) is 1.50. The van der Waals surface area contributed by atoms with E-state index < -0.39 is 0 Å². The Labute approximate surface area is 225 Å². The first-order chi connectivity index (χ1) is 18.6. The van der Waals surface area contributed by atoms with Gasteiger partial charge in [0.2, 0.25) is 5.88 Å². The van der Waals surface area contributed by atoms with Crippen LogP contribution in [0.2, 0.25) is 5.02 Å². The first-order valence-corrected chi connectivity index (χ1v) is 12.5. The maximum Gasteiger partial charge on any atom is 0.237 e. The maximum absolute atomic E-state index is 6.21. The zero-order valence-electron chi connectivity index (χ0n) is 21.4. The fourth-order valence-corrected chi connectivity index (χ4v) is 4.44.